The van der Waals surface area contributed by atoms with E-state index in [4.69, 9.17) is 9.47 Å². The van der Waals surface area contributed by atoms with Crippen LogP contribution in [0.4, 0.5) is 0 Å². The number of imide groups is 1. The van der Waals surface area contributed by atoms with E-state index in [1.165, 1.54) is 17.3 Å². The highest BCUT2D eigenvalue weighted by atomic mass is 127. The first kappa shape index (κ1) is 20.7. The molecule has 2 amide bonds. The van der Waals surface area contributed by atoms with Crippen molar-refractivity contribution in [1.29, 1.82) is 0 Å². The van der Waals surface area contributed by atoms with Crippen LogP contribution in [0.5, 0.6) is 11.5 Å². The Bertz CT molecular complexity index is 1290. The molecule has 0 atom stereocenters. The number of carbonyl (C=O) groups excluding carboxylic acids is 2. The molecule has 0 unspecified atom stereocenters. The van der Waals surface area contributed by atoms with Crippen molar-refractivity contribution >= 4 is 51.4 Å². The molecule has 0 bridgehead atoms. The lowest BCUT2D eigenvalue weighted by Gasteiger charge is -2.23. The topological polar surface area (TPSA) is 68.2 Å². The molecule has 0 saturated carbocycles. The van der Waals surface area contributed by atoms with E-state index in [2.05, 4.69) is 34.3 Å². The second-order valence-corrected chi connectivity index (χ2v) is 8.76. The maximum atomic E-state index is 13.2. The molecule has 6 nitrogen and oxygen atoms in total. The van der Waals surface area contributed by atoms with Crippen molar-refractivity contribution in [2.24, 2.45) is 5.10 Å². The molecule has 3 aromatic rings. The minimum atomic E-state index is -0.415. The van der Waals surface area contributed by atoms with Crippen LogP contribution in [-0.2, 0) is 12.8 Å². The summed E-state index contributed by atoms with van der Waals surface area (Å²) in [4.78, 5) is 26.4. The second-order valence-electron chi connectivity index (χ2n) is 7.59. The predicted molar refractivity (Wildman–Crippen MR) is 131 cm³/mol. The second kappa shape index (κ2) is 8.05. The smallest absolute Gasteiger partial charge is 0.282 e. The molecule has 1 aliphatic heterocycles. The molecule has 0 fully saturated rings. The number of nitrogens with zero attached hydrogens (tertiary/aromatic N) is 2. The average Bonchev–Trinajstić information content (AvgIpc) is 3.22. The molecule has 7 heteroatoms. The van der Waals surface area contributed by atoms with Gasteiger partial charge in [0.15, 0.2) is 11.5 Å². The fourth-order valence-electron chi connectivity index (χ4n) is 4.33. The first-order valence-electron chi connectivity index (χ1n) is 10.1. The van der Waals surface area contributed by atoms with Crippen molar-refractivity contribution < 1.29 is 19.1 Å². The minimum Gasteiger partial charge on any atom is -0.493 e. The molecule has 1 heterocycles. The molecule has 2 aliphatic rings. The third-order valence-electron chi connectivity index (χ3n) is 5.76. The summed E-state index contributed by atoms with van der Waals surface area (Å²) in [6, 6.07) is 11.2. The highest BCUT2D eigenvalue weighted by Gasteiger charge is 2.35. The Morgan fingerprint density at radius 1 is 1.06 bits per heavy atom. The van der Waals surface area contributed by atoms with Crippen LogP contribution in [0.25, 0.3) is 10.8 Å². The van der Waals surface area contributed by atoms with Crippen molar-refractivity contribution in [1.82, 2.24) is 5.01 Å². The lowest BCUT2D eigenvalue weighted by molar-refractivity contribution is 0.0616. The van der Waals surface area contributed by atoms with Gasteiger partial charge in [0.2, 0.25) is 0 Å². The number of benzene rings is 3. The van der Waals surface area contributed by atoms with Crippen molar-refractivity contribution in [3.63, 3.8) is 0 Å². The highest BCUT2D eigenvalue weighted by Crippen LogP contribution is 2.38. The number of ether oxygens (including phenoxy) is 2. The molecule has 32 heavy (non-hydrogen) atoms. The Balaban J connectivity index is 1.52. The Hall–Kier alpha value is -3.20. The number of halogens is 1. The van der Waals surface area contributed by atoms with E-state index in [0.29, 0.717) is 34.8 Å². The number of hydrogen-bond donors (Lipinski definition) is 0. The monoisotopic (exact) mass is 538 g/mol. The van der Waals surface area contributed by atoms with Gasteiger partial charge in [0, 0.05) is 5.39 Å². The van der Waals surface area contributed by atoms with E-state index in [1.54, 1.807) is 19.3 Å². The van der Waals surface area contributed by atoms with Crippen LogP contribution < -0.4 is 9.47 Å². The largest absolute Gasteiger partial charge is 0.493 e. The van der Waals surface area contributed by atoms with E-state index in [0.717, 1.165) is 32.2 Å². The van der Waals surface area contributed by atoms with Gasteiger partial charge in [0.1, 0.15) is 6.61 Å². The summed E-state index contributed by atoms with van der Waals surface area (Å²) in [6.07, 6.45) is 5.02. The van der Waals surface area contributed by atoms with Crippen LogP contribution in [0, 0.1) is 3.57 Å². The van der Waals surface area contributed by atoms with Crippen LogP contribution >= 0.6 is 22.6 Å². The van der Waals surface area contributed by atoms with E-state index < -0.39 is 11.8 Å². The molecular weight excluding hydrogens is 519 g/mol. The van der Waals surface area contributed by atoms with Gasteiger partial charge in [-0.15, -0.1) is 0 Å². The Morgan fingerprint density at radius 3 is 2.31 bits per heavy atom. The number of carbonyl (C=O) groups is 2. The minimum absolute atomic E-state index is 0.352. The van der Waals surface area contributed by atoms with Crippen LogP contribution in [0.3, 0.4) is 0 Å². The van der Waals surface area contributed by atoms with E-state index >= 15 is 0 Å². The summed E-state index contributed by atoms with van der Waals surface area (Å²) in [7, 11) is 1.55. The summed E-state index contributed by atoms with van der Waals surface area (Å²) in [5.74, 6) is 0.307. The van der Waals surface area contributed by atoms with Gasteiger partial charge < -0.3 is 9.47 Å². The summed E-state index contributed by atoms with van der Waals surface area (Å²) in [6.45, 7) is 4.01. The zero-order chi connectivity index (χ0) is 22.4. The van der Waals surface area contributed by atoms with Gasteiger partial charge in [0.05, 0.1) is 28.0 Å². The molecule has 0 saturated heterocycles. The van der Waals surface area contributed by atoms with Gasteiger partial charge in [-0.3, -0.25) is 9.59 Å². The van der Waals surface area contributed by atoms with Crippen molar-refractivity contribution in [2.75, 3.05) is 13.7 Å². The van der Waals surface area contributed by atoms with Crippen LogP contribution in [0.1, 0.15) is 37.4 Å². The molecule has 3 aromatic carbocycles. The van der Waals surface area contributed by atoms with Gasteiger partial charge in [-0.25, -0.2) is 0 Å². The molecular formula is C25H19IN2O4. The molecule has 1 aliphatic carbocycles. The number of methoxy groups -OCH3 is 1. The van der Waals surface area contributed by atoms with Crippen molar-refractivity contribution in [3.8, 4) is 11.5 Å². The van der Waals surface area contributed by atoms with Crippen LogP contribution in [-0.4, -0.2) is 36.8 Å². The molecule has 0 N–H and O–H groups in total. The van der Waals surface area contributed by atoms with Gasteiger partial charge >= 0.3 is 0 Å². The van der Waals surface area contributed by atoms with Gasteiger partial charge in [-0.05, 0) is 81.8 Å². The average molecular weight is 538 g/mol. The standard InChI is InChI=1S/C25H19IN2O4/c1-3-10-32-23-19(26)11-14(12-20(23)31-2)13-27-28-24(29)17-8-6-15-4-5-16-7-9-18(25(28)30)22(17)21(15)16/h3,6-9,11-13H,1,4-5,10H2,2H3. The van der Waals surface area contributed by atoms with Crippen LogP contribution in [0.2, 0.25) is 0 Å². The highest BCUT2D eigenvalue weighted by molar-refractivity contribution is 14.1. The summed E-state index contributed by atoms with van der Waals surface area (Å²) in [5, 5.41) is 7.02. The van der Waals surface area contributed by atoms with Crippen LogP contribution in [0.15, 0.2) is 54.2 Å². The quantitative estimate of drug-likeness (QED) is 0.197. The maximum absolute atomic E-state index is 13.2. The zero-order valence-corrected chi connectivity index (χ0v) is 19.5. The molecule has 0 spiro atoms. The summed E-state index contributed by atoms with van der Waals surface area (Å²) >= 11 is 2.14. The van der Waals surface area contributed by atoms with Crippen molar-refractivity contribution in [2.45, 2.75) is 12.8 Å². The fraction of sp³-hybridized carbons (Fsp3) is 0.160. The van der Waals surface area contributed by atoms with Gasteiger partial charge in [-0.2, -0.15) is 10.1 Å². The first-order valence-corrected chi connectivity index (χ1v) is 11.2. The molecule has 160 valence electrons. The Kier molecular flexibility index (Phi) is 5.21. The van der Waals surface area contributed by atoms with Gasteiger partial charge in [-0.1, -0.05) is 24.8 Å². The molecule has 0 radical (unpaired) electrons. The van der Waals surface area contributed by atoms with E-state index in [9.17, 15) is 9.59 Å². The predicted octanol–water partition coefficient (Wildman–Crippen LogP) is 4.75. The lowest BCUT2D eigenvalue weighted by Crippen LogP contribution is -2.36. The van der Waals surface area contributed by atoms with Gasteiger partial charge in [0.25, 0.3) is 11.8 Å². The van der Waals surface area contributed by atoms with Crippen molar-refractivity contribution in [3.05, 3.63) is 80.4 Å². The first-order chi connectivity index (χ1) is 15.5. The maximum Gasteiger partial charge on any atom is 0.282 e. The number of hydrogen-bond acceptors (Lipinski definition) is 5. The fourth-order valence-corrected chi connectivity index (χ4v) is 5.11. The summed E-state index contributed by atoms with van der Waals surface area (Å²) < 4.78 is 11.9. The number of amides is 2. The molecule has 5 rings (SSSR count). The Morgan fingerprint density at radius 2 is 1.72 bits per heavy atom. The van der Waals surface area contributed by atoms with E-state index in [-0.39, 0.29) is 0 Å². The number of aryl methyl sites for hydroxylation is 2. The lowest BCUT2D eigenvalue weighted by atomic mass is 9.92. The number of rotatable bonds is 6. The molecule has 0 aromatic heterocycles. The summed E-state index contributed by atoms with van der Waals surface area (Å²) in [5.41, 5.74) is 4.09. The number of hydrazone groups is 1. The Labute approximate surface area is 198 Å². The SMILES string of the molecule is C=CCOc1c(I)cc(C=NN2C(=O)c3ccc4c5c(ccc(c35)C2=O)CC4)cc1OC. The third-order valence-corrected chi connectivity index (χ3v) is 6.56. The van der Waals surface area contributed by atoms with E-state index in [1.807, 2.05) is 30.3 Å². The normalized spacial score (nSPS) is 14.5. The zero-order valence-electron chi connectivity index (χ0n) is 17.4. The third kappa shape index (κ3) is 3.19.